The quantitative estimate of drug-likeness (QED) is 0.754. The lowest BCUT2D eigenvalue weighted by atomic mass is 10.1. The Bertz CT molecular complexity index is 510. The van der Waals surface area contributed by atoms with Crippen LogP contribution in [0.3, 0.4) is 0 Å². The highest BCUT2D eigenvalue weighted by molar-refractivity contribution is 7.89. The summed E-state index contributed by atoms with van der Waals surface area (Å²) in [6.07, 6.45) is 0.890. The molecule has 5 nitrogen and oxygen atoms in total. The van der Waals surface area contributed by atoms with Crippen molar-refractivity contribution >= 4 is 10.0 Å². The zero-order valence-corrected chi connectivity index (χ0v) is 12.8. The van der Waals surface area contributed by atoms with Crippen molar-refractivity contribution in [1.29, 1.82) is 0 Å². The summed E-state index contributed by atoms with van der Waals surface area (Å²) in [7, 11) is 0.0796. The molecule has 2 rings (SSSR count). The average molecular weight is 298 g/mol. The number of rotatable bonds is 7. The first-order chi connectivity index (χ1) is 9.47. The van der Waals surface area contributed by atoms with Crippen LogP contribution in [-0.4, -0.2) is 63.2 Å². The topological polar surface area (TPSA) is 49.9 Å². The van der Waals surface area contributed by atoms with Crippen LogP contribution in [0.2, 0.25) is 0 Å². The van der Waals surface area contributed by atoms with Crippen molar-refractivity contribution in [3.63, 3.8) is 0 Å². The molecule has 0 bridgehead atoms. The van der Waals surface area contributed by atoms with Crippen molar-refractivity contribution in [1.82, 2.24) is 9.21 Å². The Hall–Kier alpha value is -1.11. The van der Waals surface area contributed by atoms with E-state index < -0.39 is 10.0 Å². The third-order valence-corrected chi connectivity index (χ3v) is 5.32. The molecular formula is C14H22N2O3S. The molecule has 0 amide bonds. The van der Waals surface area contributed by atoms with Crippen LogP contribution in [0.15, 0.2) is 30.3 Å². The zero-order chi connectivity index (χ0) is 14.6. The van der Waals surface area contributed by atoms with Crippen molar-refractivity contribution in [3.05, 3.63) is 30.3 Å². The summed E-state index contributed by atoms with van der Waals surface area (Å²) in [6, 6.07) is 9.78. The molecule has 1 aliphatic rings. The van der Waals surface area contributed by atoms with Crippen LogP contribution in [-0.2, 0) is 10.0 Å². The van der Waals surface area contributed by atoms with E-state index in [2.05, 4.69) is 4.90 Å². The number of sulfonamides is 1. The summed E-state index contributed by atoms with van der Waals surface area (Å²) in [5.74, 6) is 1.10. The van der Waals surface area contributed by atoms with Crippen LogP contribution < -0.4 is 4.74 Å². The first kappa shape index (κ1) is 15.3. The monoisotopic (exact) mass is 298 g/mol. The molecule has 1 aromatic carbocycles. The van der Waals surface area contributed by atoms with Crippen LogP contribution in [0, 0.1) is 0 Å². The van der Waals surface area contributed by atoms with E-state index in [4.69, 9.17) is 4.74 Å². The van der Waals surface area contributed by atoms with E-state index in [-0.39, 0.29) is 11.9 Å². The molecule has 1 aliphatic heterocycles. The lowest BCUT2D eigenvalue weighted by Gasteiger charge is -2.39. The van der Waals surface area contributed by atoms with Gasteiger partial charge in [0.1, 0.15) is 11.9 Å². The Morgan fingerprint density at radius 1 is 1.25 bits per heavy atom. The minimum absolute atomic E-state index is 0.209. The highest BCUT2D eigenvalue weighted by Gasteiger charge is 2.28. The number of para-hydroxylation sites is 1. The van der Waals surface area contributed by atoms with Crippen LogP contribution in [0.5, 0.6) is 5.75 Å². The number of ether oxygens (including phenoxy) is 1. The molecule has 6 heteroatoms. The Morgan fingerprint density at radius 2 is 1.90 bits per heavy atom. The standard InChI is InChI=1S/C14H22N2O3S/c1-15(2)20(17,18)10-6-9-16-11-14(12-16)19-13-7-4-3-5-8-13/h3-5,7-8,14H,6,9-12H2,1-2H3. The van der Waals surface area contributed by atoms with E-state index in [9.17, 15) is 8.42 Å². The summed E-state index contributed by atoms with van der Waals surface area (Å²) in [5.41, 5.74) is 0. The molecule has 0 spiro atoms. The third-order valence-electron chi connectivity index (χ3n) is 3.40. The van der Waals surface area contributed by atoms with Gasteiger partial charge in [-0.1, -0.05) is 18.2 Å². The van der Waals surface area contributed by atoms with Gasteiger partial charge in [0.2, 0.25) is 10.0 Å². The molecule has 0 aliphatic carbocycles. The average Bonchev–Trinajstić information content (AvgIpc) is 2.36. The van der Waals surface area contributed by atoms with Gasteiger partial charge in [0.25, 0.3) is 0 Å². The number of likely N-dealkylation sites (tertiary alicyclic amines) is 1. The Morgan fingerprint density at radius 3 is 2.50 bits per heavy atom. The molecule has 112 valence electrons. The fourth-order valence-electron chi connectivity index (χ4n) is 2.12. The lowest BCUT2D eigenvalue weighted by Crippen LogP contribution is -2.54. The maximum absolute atomic E-state index is 11.6. The van der Waals surface area contributed by atoms with Gasteiger partial charge in [-0.3, -0.25) is 4.90 Å². The number of benzene rings is 1. The van der Waals surface area contributed by atoms with Crippen molar-refractivity contribution in [2.24, 2.45) is 0 Å². The molecular weight excluding hydrogens is 276 g/mol. The maximum atomic E-state index is 11.6. The predicted molar refractivity (Wildman–Crippen MR) is 79.4 cm³/mol. The van der Waals surface area contributed by atoms with Crippen molar-refractivity contribution in [3.8, 4) is 5.75 Å². The van der Waals surface area contributed by atoms with Gasteiger partial charge in [0, 0.05) is 27.2 Å². The zero-order valence-electron chi connectivity index (χ0n) is 12.0. The van der Waals surface area contributed by atoms with Crippen LogP contribution in [0.1, 0.15) is 6.42 Å². The van der Waals surface area contributed by atoms with Gasteiger partial charge in [-0.2, -0.15) is 0 Å². The van der Waals surface area contributed by atoms with Gasteiger partial charge < -0.3 is 4.74 Å². The van der Waals surface area contributed by atoms with Gasteiger partial charge in [-0.25, -0.2) is 12.7 Å². The maximum Gasteiger partial charge on any atom is 0.213 e. The highest BCUT2D eigenvalue weighted by atomic mass is 32.2. The van der Waals surface area contributed by atoms with Gasteiger partial charge >= 0.3 is 0 Å². The van der Waals surface area contributed by atoms with E-state index >= 15 is 0 Å². The van der Waals surface area contributed by atoms with E-state index in [1.165, 1.54) is 4.31 Å². The largest absolute Gasteiger partial charge is 0.488 e. The minimum Gasteiger partial charge on any atom is -0.488 e. The Kier molecular flexibility index (Phi) is 5.01. The summed E-state index contributed by atoms with van der Waals surface area (Å²) in [4.78, 5) is 2.22. The second-order valence-corrected chi connectivity index (χ2v) is 7.57. The second-order valence-electron chi connectivity index (χ2n) is 5.26. The molecule has 0 N–H and O–H groups in total. The summed E-state index contributed by atoms with van der Waals surface area (Å²) >= 11 is 0. The molecule has 1 aromatic rings. The number of hydrogen-bond acceptors (Lipinski definition) is 4. The number of nitrogens with zero attached hydrogens (tertiary/aromatic N) is 2. The first-order valence-electron chi connectivity index (χ1n) is 6.81. The summed E-state index contributed by atoms with van der Waals surface area (Å²) in [6.45, 7) is 2.55. The predicted octanol–water partition coefficient (Wildman–Crippen LogP) is 1.03. The van der Waals surface area contributed by atoms with E-state index in [0.29, 0.717) is 6.42 Å². The SMILES string of the molecule is CN(C)S(=O)(=O)CCCN1CC(Oc2ccccc2)C1. The van der Waals surface area contributed by atoms with Gasteiger partial charge in [-0.15, -0.1) is 0 Å². The van der Waals surface area contributed by atoms with E-state index in [1.807, 2.05) is 30.3 Å². The molecule has 0 saturated carbocycles. The Labute approximate surface area is 121 Å². The van der Waals surface area contributed by atoms with Crippen molar-refractivity contribution < 1.29 is 13.2 Å². The molecule has 0 radical (unpaired) electrons. The molecule has 1 saturated heterocycles. The molecule has 1 fully saturated rings. The molecule has 0 aromatic heterocycles. The minimum atomic E-state index is -3.06. The lowest BCUT2D eigenvalue weighted by molar-refractivity contribution is 0.0204. The highest BCUT2D eigenvalue weighted by Crippen LogP contribution is 2.17. The fourth-order valence-corrected chi connectivity index (χ4v) is 2.98. The second kappa shape index (κ2) is 6.56. The molecule has 1 heterocycles. The molecule has 0 unspecified atom stereocenters. The number of hydrogen-bond donors (Lipinski definition) is 0. The van der Waals surface area contributed by atoms with Gasteiger partial charge in [0.15, 0.2) is 0 Å². The van der Waals surface area contributed by atoms with Crippen LogP contribution in [0.4, 0.5) is 0 Å². The van der Waals surface area contributed by atoms with Gasteiger partial charge in [0.05, 0.1) is 5.75 Å². The van der Waals surface area contributed by atoms with Crippen molar-refractivity contribution in [2.45, 2.75) is 12.5 Å². The molecule has 0 atom stereocenters. The first-order valence-corrected chi connectivity index (χ1v) is 8.42. The van der Waals surface area contributed by atoms with Gasteiger partial charge in [-0.05, 0) is 25.1 Å². The fraction of sp³-hybridized carbons (Fsp3) is 0.571. The summed E-state index contributed by atoms with van der Waals surface area (Å²) in [5, 5.41) is 0. The van der Waals surface area contributed by atoms with E-state index in [1.54, 1.807) is 14.1 Å². The third kappa shape index (κ3) is 4.19. The smallest absolute Gasteiger partial charge is 0.213 e. The van der Waals surface area contributed by atoms with Crippen molar-refractivity contribution in [2.75, 3.05) is 39.5 Å². The van der Waals surface area contributed by atoms with Crippen LogP contribution >= 0.6 is 0 Å². The molecule has 20 heavy (non-hydrogen) atoms. The van der Waals surface area contributed by atoms with E-state index in [0.717, 1.165) is 25.4 Å². The Balaban J connectivity index is 1.63. The summed E-state index contributed by atoms with van der Waals surface area (Å²) < 4.78 is 30.3. The van der Waals surface area contributed by atoms with Crippen LogP contribution in [0.25, 0.3) is 0 Å². The normalized spacial score (nSPS) is 17.1.